The van der Waals surface area contributed by atoms with Crippen molar-refractivity contribution in [3.63, 3.8) is 0 Å². The molecule has 3 aromatic carbocycles. The van der Waals surface area contributed by atoms with Gasteiger partial charge in [-0.3, -0.25) is 91.5 Å². The minimum absolute atomic E-state index is 0.00619. The minimum atomic E-state index is -1.63. The zero-order valence-corrected chi connectivity index (χ0v) is 69.2. The van der Waals surface area contributed by atoms with Gasteiger partial charge in [0, 0.05) is 113 Å². The highest BCUT2D eigenvalue weighted by atomic mass is 32.2. The number of carboxylic acid groups (broad SMARTS) is 3. The molecule has 40 heteroatoms. The quantitative estimate of drug-likeness (QED) is 0.0177. The normalized spacial score (nSPS) is 15.3. The van der Waals surface area contributed by atoms with Crippen LogP contribution in [-0.2, 0) is 94.2 Å². The fourth-order valence-corrected chi connectivity index (χ4v) is 13.7. The fourth-order valence-electron chi connectivity index (χ4n) is 13.2. The number of carbonyl (C=O) groups excluding carboxylic acids is 12. The molecule has 39 nitrogen and oxygen atoms in total. The van der Waals surface area contributed by atoms with Crippen LogP contribution in [0.1, 0.15) is 88.6 Å². The van der Waals surface area contributed by atoms with Gasteiger partial charge in [0.1, 0.15) is 54.9 Å². The number of ether oxygens (including phenoxy) is 2. The molecule has 656 valence electrons. The van der Waals surface area contributed by atoms with Crippen molar-refractivity contribution < 1.29 is 96.7 Å². The monoisotopic (exact) mass is 1690 g/mol. The molecule has 2 aromatic heterocycles. The zero-order valence-electron chi connectivity index (χ0n) is 68.4. The Hall–Kier alpha value is -11.4. The summed E-state index contributed by atoms with van der Waals surface area (Å²) in [4.78, 5) is 219. The van der Waals surface area contributed by atoms with Crippen LogP contribution in [0.3, 0.4) is 0 Å². The van der Waals surface area contributed by atoms with Crippen LogP contribution < -0.4 is 64.6 Å². The summed E-state index contributed by atoms with van der Waals surface area (Å²) < 4.78 is 11.4. The molecule has 5 aromatic rings. The molecule has 19 N–H and O–H groups in total. The lowest BCUT2D eigenvalue weighted by atomic mass is 9.84. The second-order valence-corrected chi connectivity index (χ2v) is 30.8. The van der Waals surface area contributed by atoms with Crippen LogP contribution in [-0.4, -0.2) is 317 Å². The fraction of sp³-hybridized carbons (Fsp3) is 0.525. The molecular formula is C80H115N19O20S. The Labute approximate surface area is 699 Å². The predicted octanol–water partition coefficient (Wildman–Crippen LogP) is -2.65. The van der Waals surface area contributed by atoms with E-state index < -0.39 is 175 Å². The third-order valence-corrected chi connectivity index (χ3v) is 20.1. The lowest BCUT2D eigenvalue weighted by molar-refractivity contribution is -0.140. The Morgan fingerprint density at radius 3 is 1.56 bits per heavy atom. The van der Waals surface area contributed by atoms with Crippen molar-refractivity contribution in [1.82, 2.24) is 87.7 Å². The van der Waals surface area contributed by atoms with Crippen molar-refractivity contribution >= 4 is 111 Å². The first-order valence-electron chi connectivity index (χ1n) is 39.6. The van der Waals surface area contributed by atoms with Gasteiger partial charge in [-0.25, -0.2) is 4.98 Å². The molecule has 0 saturated carbocycles. The van der Waals surface area contributed by atoms with Crippen LogP contribution in [0.15, 0.2) is 104 Å². The first-order valence-corrected chi connectivity index (χ1v) is 41.0. The van der Waals surface area contributed by atoms with E-state index in [0.29, 0.717) is 39.0 Å². The number of imidazole rings is 1. The molecule has 1 saturated heterocycles. The van der Waals surface area contributed by atoms with E-state index in [0.717, 1.165) is 0 Å². The molecule has 8 atom stereocenters. The smallest absolute Gasteiger partial charge is 0.317 e. The van der Waals surface area contributed by atoms with E-state index in [9.17, 15) is 77.6 Å². The van der Waals surface area contributed by atoms with Crippen LogP contribution in [0.5, 0.6) is 0 Å². The summed E-state index contributed by atoms with van der Waals surface area (Å²) in [6.45, 7) is 7.37. The third kappa shape index (κ3) is 34.9. The van der Waals surface area contributed by atoms with Crippen LogP contribution in [0.2, 0.25) is 0 Å². The molecule has 1 aliphatic rings. The highest BCUT2D eigenvalue weighted by molar-refractivity contribution is 7.98. The van der Waals surface area contributed by atoms with E-state index in [-0.39, 0.29) is 137 Å². The molecule has 12 amide bonds. The number of aliphatic carboxylic acids is 3. The number of benzene rings is 3. The number of hydrogen-bond acceptors (Lipinski definition) is 23. The number of primary amides is 2. The average molecular weight is 1690 g/mol. The number of hydrogen-bond donors (Lipinski definition) is 17. The van der Waals surface area contributed by atoms with E-state index in [1.165, 1.54) is 31.2 Å². The molecule has 3 heterocycles. The number of aromatic amines is 2. The van der Waals surface area contributed by atoms with Gasteiger partial charge in [0.2, 0.25) is 70.9 Å². The molecular weight excluding hydrogens is 1580 g/mol. The molecule has 1 fully saturated rings. The van der Waals surface area contributed by atoms with Crippen LogP contribution >= 0.6 is 11.8 Å². The summed E-state index contributed by atoms with van der Waals surface area (Å²) >= 11 is 1.45. The van der Waals surface area contributed by atoms with Crippen LogP contribution in [0.25, 0.3) is 10.9 Å². The van der Waals surface area contributed by atoms with Crippen molar-refractivity contribution in [2.75, 3.05) is 130 Å². The van der Waals surface area contributed by atoms with E-state index >= 15 is 9.59 Å². The predicted molar refractivity (Wildman–Crippen MR) is 441 cm³/mol. The highest BCUT2D eigenvalue weighted by Crippen LogP contribution is 2.29. The van der Waals surface area contributed by atoms with E-state index in [4.69, 9.17) is 20.9 Å². The van der Waals surface area contributed by atoms with Crippen molar-refractivity contribution in [2.45, 2.75) is 127 Å². The molecule has 0 bridgehead atoms. The summed E-state index contributed by atoms with van der Waals surface area (Å²) in [5.74, 6) is -14.0. The maximum atomic E-state index is 15.2. The van der Waals surface area contributed by atoms with E-state index in [1.807, 2.05) is 20.1 Å². The third-order valence-electron chi connectivity index (χ3n) is 19.5. The summed E-state index contributed by atoms with van der Waals surface area (Å²) in [5, 5.41) is 56.1. The number of thioether (sulfide) groups is 1. The maximum absolute atomic E-state index is 15.2. The van der Waals surface area contributed by atoms with Gasteiger partial charge in [0.15, 0.2) is 0 Å². The Morgan fingerprint density at radius 1 is 0.500 bits per heavy atom. The van der Waals surface area contributed by atoms with E-state index in [1.54, 1.807) is 125 Å². The number of nitrogens with one attached hydrogen (secondary N) is 12. The number of nitrogens with zero attached hydrogens (tertiary/aromatic N) is 5. The second kappa shape index (κ2) is 51.1. The Morgan fingerprint density at radius 2 is 1.02 bits per heavy atom. The van der Waals surface area contributed by atoms with Gasteiger partial charge in [-0.1, -0.05) is 107 Å². The van der Waals surface area contributed by atoms with Gasteiger partial charge in [0.05, 0.1) is 58.9 Å². The number of rotatable bonds is 50. The number of fused-ring (bicyclic) bond motifs is 1. The van der Waals surface area contributed by atoms with E-state index in [2.05, 4.69) is 68.1 Å². The first kappa shape index (κ1) is 97.4. The number of para-hydroxylation sites is 1. The van der Waals surface area contributed by atoms with Gasteiger partial charge in [-0.2, -0.15) is 11.8 Å². The molecule has 120 heavy (non-hydrogen) atoms. The summed E-state index contributed by atoms with van der Waals surface area (Å²) in [5.41, 5.74) is 14.0. The SMILES string of the molecule is CSCC[C@H](NC(=O)[C@H](CC(C)C)NC(=O)[C@H](Cc1cnc[nH]1)NC(=O)CNC(=O)[C@@H](NC(=O)[C@H](C)NC(=O)[C@H](Cc1c[nH]c2ccccc12)NC(=O)[C@H](CCC(N)=O)NC(=O)[C@@H](NC(=O)COCCOCCNC(=O)CN1CCN(CC(=O)O)CCN(CC(=O)O)CCN(CC(=O)O)CC1)C(c1ccccc1)c1ccccc1)C(C)C)C(N)=O. The number of H-pyrrole nitrogens is 2. The van der Waals surface area contributed by atoms with Gasteiger partial charge < -0.3 is 99.4 Å². The Bertz CT molecular complexity index is 4130. The van der Waals surface area contributed by atoms with Crippen LogP contribution in [0, 0.1) is 11.8 Å². The molecule has 1 aliphatic heterocycles. The largest absolute Gasteiger partial charge is 0.480 e. The minimum Gasteiger partial charge on any atom is -0.480 e. The number of amides is 12. The summed E-state index contributed by atoms with van der Waals surface area (Å²) in [6.07, 6.45) is 5.43. The zero-order chi connectivity index (χ0) is 87.8. The Balaban J connectivity index is 1.11. The number of nitrogens with two attached hydrogens (primary N) is 2. The number of carboxylic acids is 3. The Kier molecular flexibility index (Phi) is 41.5. The summed E-state index contributed by atoms with van der Waals surface area (Å²) in [7, 11) is 0. The number of aromatic nitrogens is 3. The first-order chi connectivity index (χ1) is 57.3. The second-order valence-electron chi connectivity index (χ2n) is 29.9. The molecule has 6 rings (SSSR count). The standard InChI is InChI=1S/C80H115N19O20S/c1-49(2)37-60(77(114)90-58(73(82)110)23-36-120-6)92-78(115)62(39-55-41-83-48-87-55)89-64(101)42-86-79(116)71(50(3)4)95-74(111)51(5)88-76(113)61(38-54-40-85-57-20-14-13-19-56(54)57)93-75(112)59(21-22-63(81)100)91-80(117)72(70(52-15-9-7-10-16-52)53-17-11-8-12-18-53)94-66(103)47-119-35-34-118-33-24-84-65(102)43-96-25-27-97(44-67(104)105)29-31-99(46-69(108)109)32-30-98(28-26-96)45-68(106)107/h7-20,40-41,48-51,58-62,70-72,85H,21-39,42-47H2,1-6H3,(H2,81,100)(H2,82,110)(H,83,87)(H,84,102)(H,86,116)(H,88,113)(H,89,101)(H,90,114)(H,91,117)(H,92,115)(H,93,112)(H,94,103)(H,95,111)(H,104,105)(H,106,107)(H,108,109)/t51-,58-,59-,60-,61-,62-,71-,72-/m0/s1. The molecule has 0 aliphatic carbocycles. The van der Waals surface area contributed by atoms with Gasteiger partial charge >= 0.3 is 17.9 Å². The van der Waals surface area contributed by atoms with Gasteiger partial charge in [0.25, 0.3) is 0 Å². The summed E-state index contributed by atoms with van der Waals surface area (Å²) in [6, 6.07) is 13.6. The topological polar surface area (TPSA) is 565 Å². The van der Waals surface area contributed by atoms with Crippen molar-refractivity contribution in [3.8, 4) is 0 Å². The van der Waals surface area contributed by atoms with Crippen molar-refractivity contribution in [3.05, 3.63) is 126 Å². The van der Waals surface area contributed by atoms with Crippen LogP contribution in [0.4, 0.5) is 0 Å². The lowest BCUT2D eigenvalue weighted by Gasteiger charge is -2.32. The molecule has 0 unspecified atom stereocenters. The molecule has 0 radical (unpaired) electrons. The van der Waals surface area contributed by atoms with Crippen molar-refractivity contribution in [2.24, 2.45) is 23.3 Å². The maximum Gasteiger partial charge on any atom is 0.317 e. The highest BCUT2D eigenvalue weighted by Gasteiger charge is 2.38. The van der Waals surface area contributed by atoms with Crippen molar-refractivity contribution in [1.29, 1.82) is 0 Å². The van der Waals surface area contributed by atoms with Gasteiger partial charge in [-0.15, -0.1) is 0 Å². The molecule has 0 spiro atoms. The average Bonchev–Trinajstić information content (AvgIpc) is 0.863. The lowest BCUT2D eigenvalue weighted by Crippen LogP contribution is -2.60. The number of carbonyl (C=O) groups is 15. The van der Waals surface area contributed by atoms with Gasteiger partial charge in [-0.05, 0) is 72.8 Å².